The van der Waals surface area contributed by atoms with Crippen molar-refractivity contribution in [3.8, 4) is 0 Å². The van der Waals surface area contributed by atoms with E-state index in [0.717, 1.165) is 6.42 Å². The van der Waals surface area contributed by atoms with Crippen molar-refractivity contribution in [2.24, 2.45) is 11.7 Å². The van der Waals surface area contributed by atoms with Crippen molar-refractivity contribution in [1.82, 2.24) is 0 Å². The first-order chi connectivity index (χ1) is 4.57. The molecule has 0 atom stereocenters. The molecule has 3 heteroatoms. The number of amides is 1. The van der Waals surface area contributed by atoms with Crippen LogP contribution in [0.4, 0.5) is 0 Å². The van der Waals surface area contributed by atoms with Crippen LogP contribution in [0.1, 0.15) is 26.2 Å². The molecule has 0 spiro atoms. The number of carbonyl (C=O) groups excluding carboxylic acids is 1. The van der Waals surface area contributed by atoms with Gasteiger partial charge in [-0.05, 0) is 19.3 Å². The highest BCUT2D eigenvalue weighted by Crippen LogP contribution is 2.39. The van der Waals surface area contributed by atoms with Gasteiger partial charge in [-0.2, -0.15) is 0 Å². The molecule has 0 aromatic heterocycles. The molecule has 1 rings (SSSR count). The van der Waals surface area contributed by atoms with Crippen molar-refractivity contribution in [3.05, 3.63) is 0 Å². The fourth-order valence-corrected chi connectivity index (χ4v) is 1.35. The van der Waals surface area contributed by atoms with Gasteiger partial charge in [0, 0.05) is 5.92 Å². The third-order valence-corrected chi connectivity index (χ3v) is 2.31. The zero-order valence-corrected chi connectivity index (χ0v) is 6.13. The van der Waals surface area contributed by atoms with Gasteiger partial charge in [-0.15, -0.1) is 0 Å². The van der Waals surface area contributed by atoms with Crippen LogP contribution in [0.15, 0.2) is 0 Å². The zero-order valence-electron chi connectivity index (χ0n) is 6.13. The molecule has 0 aromatic carbocycles. The molecule has 0 aromatic rings. The predicted octanol–water partition coefficient (Wildman–Crippen LogP) is 0.0228. The summed E-state index contributed by atoms with van der Waals surface area (Å²) in [6.07, 6.45) is 1.83. The summed E-state index contributed by atoms with van der Waals surface area (Å²) in [5, 5.41) is 9.43. The Kier molecular flexibility index (Phi) is 1.68. The van der Waals surface area contributed by atoms with E-state index >= 15 is 0 Å². The Hall–Kier alpha value is -0.570. The summed E-state index contributed by atoms with van der Waals surface area (Å²) in [5.74, 6) is -0.358. The van der Waals surface area contributed by atoms with Gasteiger partial charge < -0.3 is 10.8 Å². The van der Waals surface area contributed by atoms with Gasteiger partial charge >= 0.3 is 0 Å². The first-order valence-corrected chi connectivity index (χ1v) is 3.59. The summed E-state index contributed by atoms with van der Waals surface area (Å²) >= 11 is 0. The van der Waals surface area contributed by atoms with E-state index in [2.05, 4.69) is 0 Å². The maximum absolute atomic E-state index is 10.5. The number of hydrogen-bond acceptors (Lipinski definition) is 2. The molecule has 1 aliphatic carbocycles. The number of rotatable bonds is 2. The average molecular weight is 143 g/mol. The number of carbonyl (C=O) groups is 1. The Morgan fingerprint density at radius 3 is 2.60 bits per heavy atom. The number of nitrogens with two attached hydrogens (primary N) is 1. The van der Waals surface area contributed by atoms with E-state index in [0.29, 0.717) is 12.8 Å². The number of primary amides is 1. The van der Waals surface area contributed by atoms with Crippen LogP contribution in [0.3, 0.4) is 0 Å². The van der Waals surface area contributed by atoms with Crippen molar-refractivity contribution in [1.29, 1.82) is 0 Å². The first kappa shape index (κ1) is 7.54. The van der Waals surface area contributed by atoms with Gasteiger partial charge in [-0.1, -0.05) is 6.92 Å². The second-order valence-corrected chi connectivity index (χ2v) is 3.09. The highest BCUT2D eigenvalue weighted by atomic mass is 16.3. The van der Waals surface area contributed by atoms with Crippen molar-refractivity contribution in [2.45, 2.75) is 31.8 Å². The van der Waals surface area contributed by atoms with Crippen LogP contribution in [0.25, 0.3) is 0 Å². The number of hydrogen-bond donors (Lipinski definition) is 2. The quantitative estimate of drug-likeness (QED) is 0.572. The van der Waals surface area contributed by atoms with Crippen LogP contribution in [-0.4, -0.2) is 16.6 Å². The van der Waals surface area contributed by atoms with Crippen LogP contribution in [0.5, 0.6) is 0 Å². The lowest BCUT2D eigenvalue weighted by molar-refractivity contribution is -0.138. The van der Waals surface area contributed by atoms with E-state index in [1.807, 2.05) is 6.92 Å². The summed E-state index contributed by atoms with van der Waals surface area (Å²) < 4.78 is 0. The van der Waals surface area contributed by atoms with Gasteiger partial charge in [0.1, 0.15) is 0 Å². The first-order valence-electron chi connectivity index (χ1n) is 3.59. The molecule has 0 radical (unpaired) electrons. The maximum Gasteiger partial charge on any atom is 0.220 e. The summed E-state index contributed by atoms with van der Waals surface area (Å²) in [6, 6.07) is 0. The summed E-state index contributed by atoms with van der Waals surface area (Å²) in [5.41, 5.74) is 4.44. The van der Waals surface area contributed by atoms with Crippen molar-refractivity contribution in [3.63, 3.8) is 0 Å². The Bertz CT molecular complexity index is 150. The molecule has 3 nitrogen and oxygen atoms in total. The van der Waals surface area contributed by atoms with Crippen LogP contribution in [-0.2, 0) is 4.79 Å². The summed E-state index contributed by atoms with van der Waals surface area (Å²) in [4.78, 5) is 10.5. The van der Waals surface area contributed by atoms with Crippen LogP contribution in [0, 0.1) is 5.92 Å². The minimum Gasteiger partial charge on any atom is -0.390 e. The van der Waals surface area contributed by atoms with Gasteiger partial charge in [0.15, 0.2) is 0 Å². The van der Waals surface area contributed by atoms with Crippen LogP contribution < -0.4 is 5.73 Å². The molecule has 1 aliphatic rings. The minimum absolute atomic E-state index is 0.0788. The lowest BCUT2D eigenvalue weighted by Gasteiger charge is -2.41. The van der Waals surface area contributed by atoms with Crippen LogP contribution >= 0.6 is 0 Å². The highest BCUT2D eigenvalue weighted by Gasteiger charge is 2.43. The molecule has 1 saturated carbocycles. The molecule has 0 aliphatic heterocycles. The Morgan fingerprint density at radius 2 is 2.30 bits per heavy atom. The zero-order chi connectivity index (χ0) is 7.78. The van der Waals surface area contributed by atoms with Gasteiger partial charge in [0.2, 0.25) is 5.91 Å². The van der Waals surface area contributed by atoms with E-state index in [9.17, 15) is 9.90 Å². The SMILES string of the molecule is CCC1(O)CC(C(N)=O)C1. The molecule has 0 unspecified atom stereocenters. The molecule has 0 bridgehead atoms. The smallest absolute Gasteiger partial charge is 0.220 e. The predicted molar refractivity (Wildman–Crippen MR) is 37.2 cm³/mol. The Labute approximate surface area is 60.2 Å². The fourth-order valence-electron chi connectivity index (χ4n) is 1.35. The fraction of sp³-hybridized carbons (Fsp3) is 0.857. The lowest BCUT2D eigenvalue weighted by atomic mass is 9.69. The topological polar surface area (TPSA) is 63.3 Å². The van der Waals surface area contributed by atoms with E-state index in [1.165, 1.54) is 0 Å². The average Bonchev–Trinajstić information content (AvgIpc) is 1.80. The molecular formula is C7H13NO2. The largest absolute Gasteiger partial charge is 0.390 e. The van der Waals surface area contributed by atoms with Gasteiger partial charge in [-0.25, -0.2) is 0 Å². The van der Waals surface area contributed by atoms with Crippen molar-refractivity contribution >= 4 is 5.91 Å². The molecule has 3 N–H and O–H groups in total. The van der Waals surface area contributed by atoms with Gasteiger partial charge in [-0.3, -0.25) is 4.79 Å². The van der Waals surface area contributed by atoms with Crippen molar-refractivity contribution < 1.29 is 9.90 Å². The second kappa shape index (κ2) is 2.23. The normalized spacial score (nSPS) is 38.8. The summed E-state index contributed by atoms with van der Waals surface area (Å²) in [7, 11) is 0. The van der Waals surface area contributed by atoms with Crippen molar-refractivity contribution in [2.75, 3.05) is 0 Å². The Balaban J connectivity index is 2.36. The maximum atomic E-state index is 10.5. The number of aliphatic hydroxyl groups is 1. The molecule has 0 heterocycles. The molecule has 0 saturated heterocycles. The van der Waals surface area contributed by atoms with Crippen LogP contribution in [0.2, 0.25) is 0 Å². The van der Waals surface area contributed by atoms with E-state index in [1.54, 1.807) is 0 Å². The summed E-state index contributed by atoms with van der Waals surface area (Å²) in [6.45, 7) is 1.91. The monoisotopic (exact) mass is 143 g/mol. The molecule has 1 fully saturated rings. The third-order valence-electron chi connectivity index (χ3n) is 2.31. The van der Waals surface area contributed by atoms with E-state index in [4.69, 9.17) is 5.73 Å². The van der Waals surface area contributed by atoms with Gasteiger partial charge in [0.05, 0.1) is 5.60 Å². The van der Waals surface area contributed by atoms with Gasteiger partial charge in [0.25, 0.3) is 0 Å². The third kappa shape index (κ3) is 1.14. The highest BCUT2D eigenvalue weighted by molar-refractivity contribution is 5.78. The van der Waals surface area contributed by atoms with E-state index < -0.39 is 5.60 Å². The second-order valence-electron chi connectivity index (χ2n) is 3.09. The molecular weight excluding hydrogens is 130 g/mol. The minimum atomic E-state index is -0.584. The molecule has 58 valence electrons. The van der Waals surface area contributed by atoms with E-state index in [-0.39, 0.29) is 11.8 Å². The standard InChI is InChI=1S/C7H13NO2/c1-2-7(10)3-5(4-7)6(8)9/h5,10H,2-4H2,1H3,(H2,8,9). The lowest BCUT2D eigenvalue weighted by Crippen LogP contribution is -2.48. The Morgan fingerprint density at radius 1 is 1.80 bits per heavy atom. The molecule has 1 amide bonds. The molecule has 10 heavy (non-hydrogen) atoms.